The van der Waals surface area contributed by atoms with E-state index in [9.17, 15) is 25.3 Å². The zero-order chi connectivity index (χ0) is 14.3. The van der Waals surface area contributed by atoms with Gasteiger partial charge in [-0.25, -0.2) is 0 Å². The molecule has 0 saturated carbocycles. The van der Waals surface area contributed by atoms with Crippen molar-refractivity contribution in [1.29, 1.82) is 0 Å². The molecule has 0 aromatic heterocycles. The van der Waals surface area contributed by atoms with Crippen LogP contribution in [0, 0.1) is 32.1 Å². The minimum atomic E-state index is -1.27. The van der Waals surface area contributed by atoms with Gasteiger partial charge in [-0.2, -0.15) is 0 Å². The topological polar surface area (TPSA) is 133 Å². The van der Waals surface area contributed by atoms with Gasteiger partial charge in [0.15, 0.2) is 0 Å². The van der Waals surface area contributed by atoms with Crippen LogP contribution in [-0.2, 0) is 0 Å². The minimum Gasteiger partial charge on any atom is -0.389 e. The maximum absolute atomic E-state index is 10.4. The predicted molar refractivity (Wildman–Crippen MR) is 65.3 cm³/mol. The summed E-state index contributed by atoms with van der Waals surface area (Å²) in [5, 5.41) is 30.9. The average Bonchev–Trinajstić information content (AvgIpc) is 2.13. The second kappa shape index (κ2) is 7.22. The molecular weight excluding hydrogens is 242 g/mol. The van der Waals surface area contributed by atoms with Gasteiger partial charge in [0.1, 0.15) is 0 Å². The zero-order valence-electron chi connectivity index (χ0n) is 10.7. The molecule has 0 radical (unpaired) electrons. The molecule has 0 bridgehead atoms. The molecule has 0 heterocycles. The highest BCUT2D eigenvalue weighted by Gasteiger charge is 2.32. The highest BCUT2D eigenvalue weighted by atomic mass is 16.6. The lowest BCUT2D eigenvalue weighted by Gasteiger charge is -2.30. The molecule has 0 aromatic carbocycles. The number of nitrogens with zero attached hydrogens (tertiary/aromatic N) is 2. The van der Waals surface area contributed by atoms with Gasteiger partial charge in [-0.3, -0.25) is 20.2 Å². The van der Waals surface area contributed by atoms with E-state index in [0.29, 0.717) is 0 Å². The lowest BCUT2D eigenvalue weighted by atomic mass is 9.84. The van der Waals surface area contributed by atoms with Crippen molar-refractivity contribution >= 4 is 0 Å². The monoisotopic (exact) mass is 263 g/mol. The van der Waals surface area contributed by atoms with E-state index >= 15 is 0 Å². The fourth-order valence-corrected chi connectivity index (χ4v) is 2.19. The molecule has 18 heavy (non-hydrogen) atoms. The van der Waals surface area contributed by atoms with Gasteiger partial charge in [-0.15, -0.1) is 0 Å². The van der Waals surface area contributed by atoms with Crippen molar-refractivity contribution in [3.8, 4) is 0 Å². The maximum Gasteiger partial charge on any atom is 0.206 e. The lowest BCUT2D eigenvalue weighted by Crippen LogP contribution is -2.42. The van der Waals surface area contributed by atoms with E-state index in [1.54, 1.807) is 13.8 Å². The van der Waals surface area contributed by atoms with Crippen LogP contribution >= 0.6 is 0 Å². The SMILES string of the molecule is CC(C[N+](=O)[O-])CC(O)(CN)CC(C)C[N+](=O)[O-]. The maximum atomic E-state index is 10.4. The molecule has 2 unspecified atom stereocenters. The molecule has 0 spiro atoms. The summed E-state index contributed by atoms with van der Waals surface area (Å²) < 4.78 is 0. The van der Waals surface area contributed by atoms with Crippen LogP contribution in [0.1, 0.15) is 26.7 Å². The highest BCUT2D eigenvalue weighted by Crippen LogP contribution is 2.24. The van der Waals surface area contributed by atoms with E-state index in [2.05, 4.69) is 0 Å². The summed E-state index contributed by atoms with van der Waals surface area (Å²) in [4.78, 5) is 19.8. The Morgan fingerprint density at radius 3 is 1.67 bits per heavy atom. The highest BCUT2D eigenvalue weighted by molar-refractivity contribution is 4.83. The Bertz CT molecular complexity index is 273. The molecule has 3 N–H and O–H groups in total. The number of rotatable bonds is 9. The van der Waals surface area contributed by atoms with Gasteiger partial charge < -0.3 is 10.8 Å². The Balaban J connectivity index is 4.41. The molecule has 8 nitrogen and oxygen atoms in total. The van der Waals surface area contributed by atoms with Crippen LogP contribution in [0.4, 0.5) is 0 Å². The summed E-state index contributed by atoms with van der Waals surface area (Å²) in [5.41, 5.74) is 4.20. The largest absolute Gasteiger partial charge is 0.389 e. The lowest BCUT2D eigenvalue weighted by molar-refractivity contribution is -0.489. The van der Waals surface area contributed by atoms with Crippen molar-refractivity contribution in [1.82, 2.24) is 0 Å². The van der Waals surface area contributed by atoms with Crippen LogP contribution in [0.2, 0.25) is 0 Å². The molecule has 0 aromatic rings. The molecule has 0 rings (SSSR count). The molecule has 0 aliphatic heterocycles. The van der Waals surface area contributed by atoms with Crippen molar-refractivity contribution in [2.75, 3.05) is 19.6 Å². The van der Waals surface area contributed by atoms with E-state index in [1.807, 2.05) is 0 Å². The Morgan fingerprint density at radius 1 is 1.11 bits per heavy atom. The standard InChI is InChI=1S/C10H21N3O5/c1-8(5-12(15)16)3-10(14,7-11)4-9(2)6-13(17)18/h8-9,14H,3-7,11H2,1-2H3. The van der Waals surface area contributed by atoms with Gasteiger partial charge in [0.05, 0.1) is 5.60 Å². The first-order chi connectivity index (χ1) is 8.18. The third-order valence-electron chi connectivity index (χ3n) is 2.76. The normalized spacial score (nSPS) is 17.8. The van der Waals surface area contributed by atoms with Crippen molar-refractivity contribution in [2.45, 2.75) is 32.3 Å². The molecule has 106 valence electrons. The van der Waals surface area contributed by atoms with Gasteiger partial charge in [0, 0.05) is 28.2 Å². The van der Waals surface area contributed by atoms with Gasteiger partial charge in [-0.1, -0.05) is 13.8 Å². The summed E-state index contributed by atoms with van der Waals surface area (Å²) in [6, 6.07) is 0. The zero-order valence-corrected chi connectivity index (χ0v) is 10.7. The summed E-state index contributed by atoms with van der Waals surface area (Å²) in [7, 11) is 0. The Hall–Kier alpha value is -1.28. The van der Waals surface area contributed by atoms with Crippen LogP contribution in [-0.4, -0.2) is 40.2 Å². The summed E-state index contributed by atoms with van der Waals surface area (Å²) in [6.45, 7) is 2.76. The molecule has 0 aliphatic rings. The summed E-state index contributed by atoms with van der Waals surface area (Å²) >= 11 is 0. The Labute approximate surface area is 105 Å². The molecule has 8 heteroatoms. The first-order valence-electron chi connectivity index (χ1n) is 5.84. The fourth-order valence-electron chi connectivity index (χ4n) is 2.19. The molecular formula is C10H21N3O5. The Kier molecular flexibility index (Phi) is 6.71. The van der Waals surface area contributed by atoms with Gasteiger partial charge in [0.25, 0.3) is 0 Å². The Morgan fingerprint density at radius 2 is 1.44 bits per heavy atom. The third-order valence-corrected chi connectivity index (χ3v) is 2.76. The van der Waals surface area contributed by atoms with Crippen molar-refractivity contribution < 1.29 is 15.0 Å². The van der Waals surface area contributed by atoms with Gasteiger partial charge in [0.2, 0.25) is 13.1 Å². The third kappa shape index (κ3) is 7.13. The second-order valence-electron chi connectivity index (χ2n) is 5.08. The van der Waals surface area contributed by atoms with Crippen LogP contribution in [0.15, 0.2) is 0 Å². The predicted octanol–water partition coefficient (Wildman–Crippen LogP) is 0.282. The first-order valence-corrected chi connectivity index (χ1v) is 5.84. The van der Waals surface area contributed by atoms with E-state index in [4.69, 9.17) is 5.73 Å². The number of hydrogen-bond acceptors (Lipinski definition) is 6. The van der Waals surface area contributed by atoms with Crippen LogP contribution in [0.5, 0.6) is 0 Å². The van der Waals surface area contributed by atoms with Crippen LogP contribution in [0.25, 0.3) is 0 Å². The van der Waals surface area contributed by atoms with Crippen molar-refractivity contribution in [3.63, 3.8) is 0 Å². The quantitative estimate of drug-likeness (QED) is 0.453. The van der Waals surface area contributed by atoms with Crippen LogP contribution < -0.4 is 5.73 Å². The van der Waals surface area contributed by atoms with Gasteiger partial charge in [-0.05, 0) is 12.8 Å². The average molecular weight is 263 g/mol. The molecule has 0 saturated heterocycles. The van der Waals surface area contributed by atoms with Gasteiger partial charge >= 0.3 is 0 Å². The number of nitro groups is 2. The van der Waals surface area contributed by atoms with Crippen molar-refractivity contribution in [2.24, 2.45) is 17.6 Å². The second-order valence-corrected chi connectivity index (χ2v) is 5.08. The van der Waals surface area contributed by atoms with Crippen LogP contribution in [0.3, 0.4) is 0 Å². The smallest absolute Gasteiger partial charge is 0.206 e. The first kappa shape index (κ1) is 16.7. The summed E-state index contributed by atoms with van der Waals surface area (Å²) in [5.74, 6) is -0.646. The number of hydrogen-bond donors (Lipinski definition) is 2. The van der Waals surface area contributed by atoms with E-state index < -0.39 is 15.4 Å². The molecule has 0 fully saturated rings. The molecule has 2 atom stereocenters. The fraction of sp³-hybridized carbons (Fsp3) is 1.00. The minimum absolute atomic E-state index is 0.0584. The van der Waals surface area contributed by atoms with E-state index in [1.165, 1.54) is 0 Å². The number of nitrogens with two attached hydrogens (primary N) is 1. The van der Waals surface area contributed by atoms with E-state index in [-0.39, 0.29) is 44.3 Å². The number of aliphatic hydroxyl groups is 1. The summed E-state index contributed by atoms with van der Waals surface area (Å²) in [6.07, 6.45) is 0.346. The van der Waals surface area contributed by atoms with Crippen molar-refractivity contribution in [3.05, 3.63) is 20.2 Å². The molecule has 0 aliphatic carbocycles. The van der Waals surface area contributed by atoms with E-state index in [0.717, 1.165) is 0 Å². The molecule has 0 amide bonds.